The van der Waals surface area contributed by atoms with E-state index in [4.69, 9.17) is 4.74 Å². The Hall–Kier alpha value is -1.10. The highest BCUT2D eigenvalue weighted by Crippen LogP contribution is 2.10. The molecule has 0 spiro atoms. The molecule has 1 aromatic carbocycles. The number of rotatable bonds is 3. The second kappa shape index (κ2) is 7.48. The van der Waals surface area contributed by atoms with Gasteiger partial charge in [0, 0.05) is 13.1 Å². The number of morpholine rings is 1. The van der Waals surface area contributed by atoms with Gasteiger partial charge in [-0.3, -0.25) is 4.79 Å². The second-order valence-corrected chi connectivity index (χ2v) is 4.73. The zero-order chi connectivity index (χ0) is 13.0. The van der Waals surface area contributed by atoms with Gasteiger partial charge in [0.15, 0.2) is 0 Å². The summed E-state index contributed by atoms with van der Waals surface area (Å²) in [5, 5.41) is 6.09. The molecule has 19 heavy (non-hydrogen) atoms. The van der Waals surface area contributed by atoms with Crippen molar-refractivity contribution in [3.63, 3.8) is 0 Å². The number of carbonyl (C=O) groups is 1. The molecule has 1 unspecified atom stereocenters. The van der Waals surface area contributed by atoms with Crippen LogP contribution >= 0.6 is 12.4 Å². The molecule has 5 heteroatoms. The third-order valence-corrected chi connectivity index (χ3v) is 3.19. The molecule has 0 saturated carbocycles. The SMILES string of the molecule is Cc1ccc(CNC(=O)C2COCCN2)c(C)c1.Cl. The Kier molecular flexibility index (Phi) is 6.28. The van der Waals surface area contributed by atoms with Gasteiger partial charge in [-0.05, 0) is 25.0 Å². The van der Waals surface area contributed by atoms with Crippen molar-refractivity contribution in [2.75, 3.05) is 19.8 Å². The molecule has 2 rings (SSSR count). The van der Waals surface area contributed by atoms with Gasteiger partial charge in [0.25, 0.3) is 0 Å². The van der Waals surface area contributed by atoms with Crippen molar-refractivity contribution < 1.29 is 9.53 Å². The molecular weight excluding hydrogens is 264 g/mol. The lowest BCUT2D eigenvalue weighted by Crippen LogP contribution is -2.51. The Morgan fingerprint density at radius 3 is 2.89 bits per heavy atom. The van der Waals surface area contributed by atoms with Crippen molar-refractivity contribution in [1.82, 2.24) is 10.6 Å². The van der Waals surface area contributed by atoms with Crippen LogP contribution in [0.1, 0.15) is 16.7 Å². The van der Waals surface area contributed by atoms with Crippen LogP contribution in [0.25, 0.3) is 0 Å². The van der Waals surface area contributed by atoms with Crippen LogP contribution in [0.2, 0.25) is 0 Å². The lowest BCUT2D eigenvalue weighted by Gasteiger charge is -2.23. The van der Waals surface area contributed by atoms with Crippen LogP contribution in [0.15, 0.2) is 18.2 Å². The monoisotopic (exact) mass is 284 g/mol. The number of amides is 1. The smallest absolute Gasteiger partial charge is 0.239 e. The van der Waals surface area contributed by atoms with Gasteiger partial charge >= 0.3 is 0 Å². The van der Waals surface area contributed by atoms with E-state index >= 15 is 0 Å². The highest BCUT2D eigenvalue weighted by Gasteiger charge is 2.20. The molecule has 1 atom stereocenters. The fourth-order valence-electron chi connectivity index (χ4n) is 2.08. The molecule has 1 fully saturated rings. The minimum atomic E-state index is -0.218. The lowest BCUT2D eigenvalue weighted by molar-refractivity contribution is -0.126. The number of aryl methyl sites for hydroxylation is 2. The number of nitrogens with one attached hydrogen (secondary N) is 2. The first-order valence-corrected chi connectivity index (χ1v) is 6.32. The maximum atomic E-state index is 11.9. The summed E-state index contributed by atoms with van der Waals surface area (Å²) in [4.78, 5) is 11.9. The third-order valence-electron chi connectivity index (χ3n) is 3.19. The van der Waals surface area contributed by atoms with Gasteiger partial charge in [-0.25, -0.2) is 0 Å². The topological polar surface area (TPSA) is 50.4 Å². The van der Waals surface area contributed by atoms with Crippen LogP contribution in [0.4, 0.5) is 0 Å². The zero-order valence-electron chi connectivity index (χ0n) is 11.4. The predicted molar refractivity (Wildman–Crippen MR) is 77.6 cm³/mol. The molecule has 1 saturated heterocycles. The average Bonchev–Trinajstić information content (AvgIpc) is 2.38. The van der Waals surface area contributed by atoms with Crippen LogP contribution in [-0.2, 0) is 16.1 Å². The predicted octanol–water partition coefficient (Wildman–Crippen LogP) is 1.33. The molecule has 0 aromatic heterocycles. The molecule has 1 aliphatic rings. The first kappa shape index (κ1) is 16.0. The lowest BCUT2D eigenvalue weighted by atomic mass is 10.1. The van der Waals surface area contributed by atoms with Gasteiger partial charge in [-0.2, -0.15) is 0 Å². The zero-order valence-corrected chi connectivity index (χ0v) is 12.2. The van der Waals surface area contributed by atoms with E-state index in [-0.39, 0.29) is 24.4 Å². The van der Waals surface area contributed by atoms with Gasteiger partial charge in [-0.1, -0.05) is 23.8 Å². The molecule has 0 radical (unpaired) electrons. The second-order valence-electron chi connectivity index (χ2n) is 4.73. The van der Waals surface area contributed by atoms with Gasteiger partial charge in [0.1, 0.15) is 6.04 Å². The first-order valence-electron chi connectivity index (χ1n) is 6.32. The van der Waals surface area contributed by atoms with E-state index < -0.39 is 0 Å². The van der Waals surface area contributed by atoms with Gasteiger partial charge in [-0.15, -0.1) is 12.4 Å². The largest absolute Gasteiger partial charge is 0.378 e. The summed E-state index contributed by atoms with van der Waals surface area (Å²) in [6.45, 7) is 6.58. The fourth-order valence-corrected chi connectivity index (χ4v) is 2.08. The Bertz CT molecular complexity index is 431. The Labute approximate surface area is 120 Å². The quantitative estimate of drug-likeness (QED) is 0.880. The first-order chi connectivity index (χ1) is 8.66. The van der Waals surface area contributed by atoms with E-state index in [2.05, 4.69) is 42.7 Å². The highest BCUT2D eigenvalue weighted by atomic mass is 35.5. The average molecular weight is 285 g/mol. The molecule has 1 aromatic rings. The molecule has 0 bridgehead atoms. The summed E-state index contributed by atoms with van der Waals surface area (Å²) in [7, 11) is 0. The number of carbonyl (C=O) groups excluding carboxylic acids is 1. The van der Waals surface area contributed by atoms with Gasteiger partial charge < -0.3 is 15.4 Å². The summed E-state index contributed by atoms with van der Waals surface area (Å²) in [5.41, 5.74) is 3.61. The summed E-state index contributed by atoms with van der Waals surface area (Å²) < 4.78 is 5.27. The number of hydrogen-bond acceptors (Lipinski definition) is 3. The molecule has 1 aliphatic heterocycles. The molecule has 1 amide bonds. The Balaban J connectivity index is 0.00000180. The van der Waals surface area contributed by atoms with Crippen LogP contribution in [0.5, 0.6) is 0 Å². The van der Waals surface area contributed by atoms with Crippen molar-refractivity contribution in [3.8, 4) is 0 Å². The van der Waals surface area contributed by atoms with E-state index in [0.717, 1.165) is 12.1 Å². The molecule has 4 nitrogen and oxygen atoms in total. The van der Waals surface area contributed by atoms with Crippen molar-refractivity contribution in [3.05, 3.63) is 34.9 Å². The Morgan fingerprint density at radius 1 is 1.47 bits per heavy atom. The van der Waals surface area contributed by atoms with Crippen LogP contribution in [0, 0.1) is 13.8 Å². The number of halogens is 1. The maximum absolute atomic E-state index is 11.9. The number of ether oxygens (including phenoxy) is 1. The Morgan fingerprint density at radius 2 is 2.26 bits per heavy atom. The minimum absolute atomic E-state index is 0. The number of hydrogen-bond donors (Lipinski definition) is 2. The summed E-state index contributed by atoms with van der Waals surface area (Å²) in [5.74, 6) is 0.00896. The highest BCUT2D eigenvalue weighted by molar-refractivity contribution is 5.85. The van der Waals surface area contributed by atoms with Crippen LogP contribution in [0.3, 0.4) is 0 Å². The number of benzene rings is 1. The van der Waals surface area contributed by atoms with Crippen LogP contribution < -0.4 is 10.6 Å². The van der Waals surface area contributed by atoms with Crippen molar-refractivity contribution >= 4 is 18.3 Å². The summed E-state index contributed by atoms with van der Waals surface area (Å²) in [6, 6.07) is 6.04. The van der Waals surface area contributed by atoms with Crippen molar-refractivity contribution in [1.29, 1.82) is 0 Å². The van der Waals surface area contributed by atoms with E-state index in [1.54, 1.807) is 0 Å². The van der Waals surface area contributed by atoms with E-state index in [0.29, 0.717) is 19.8 Å². The molecule has 2 N–H and O–H groups in total. The molecular formula is C14H21ClN2O2. The van der Waals surface area contributed by atoms with E-state index in [1.807, 2.05) is 0 Å². The minimum Gasteiger partial charge on any atom is -0.378 e. The third kappa shape index (κ3) is 4.49. The molecule has 0 aliphatic carbocycles. The fraction of sp³-hybridized carbons (Fsp3) is 0.500. The van der Waals surface area contributed by atoms with Crippen molar-refractivity contribution in [2.45, 2.75) is 26.4 Å². The van der Waals surface area contributed by atoms with E-state index in [9.17, 15) is 4.79 Å². The molecule has 1 heterocycles. The molecule has 106 valence electrons. The van der Waals surface area contributed by atoms with Gasteiger partial charge in [0.05, 0.1) is 13.2 Å². The van der Waals surface area contributed by atoms with Crippen LogP contribution in [-0.4, -0.2) is 31.7 Å². The summed E-state index contributed by atoms with van der Waals surface area (Å²) in [6.07, 6.45) is 0. The van der Waals surface area contributed by atoms with E-state index in [1.165, 1.54) is 11.1 Å². The summed E-state index contributed by atoms with van der Waals surface area (Å²) >= 11 is 0. The van der Waals surface area contributed by atoms with Gasteiger partial charge in [0.2, 0.25) is 5.91 Å². The normalized spacial score (nSPS) is 18.5. The van der Waals surface area contributed by atoms with Crippen molar-refractivity contribution in [2.24, 2.45) is 0 Å². The maximum Gasteiger partial charge on any atom is 0.239 e. The standard InChI is InChI=1S/C14H20N2O2.ClH/c1-10-3-4-12(11(2)7-10)8-16-14(17)13-9-18-6-5-15-13;/h3-4,7,13,15H,5-6,8-9H2,1-2H3,(H,16,17);1H.